The maximum absolute atomic E-state index is 10.7. The van der Waals surface area contributed by atoms with E-state index < -0.39 is 0 Å². The summed E-state index contributed by atoms with van der Waals surface area (Å²) < 4.78 is 0. The molecule has 0 aromatic carbocycles. The van der Waals surface area contributed by atoms with Crippen molar-refractivity contribution in [3.05, 3.63) is 12.8 Å². The van der Waals surface area contributed by atoms with Crippen molar-refractivity contribution >= 4 is 5.91 Å². The van der Waals surface area contributed by atoms with Gasteiger partial charge in [0.25, 0.3) is 0 Å². The van der Waals surface area contributed by atoms with Crippen LogP contribution in [0.4, 0.5) is 0 Å². The summed E-state index contributed by atoms with van der Waals surface area (Å²) in [5, 5.41) is 0. The molecular formula is C12H19NO. The predicted octanol–water partition coefficient (Wildman–Crippen LogP) is 2.56. The molecule has 3 aliphatic rings. The third-order valence-electron chi connectivity index (χ3n) is 3.81. The maximum Gasteiger partial charge on any atom is 0.226 e. The molecule has 0 N–H and O–H groups in total. The van der Waals surface area contributed by atoms with Crippen LogP contribution < -0.4 is 0 Å². The highest BCUT2D eigenvalue weighted by molar-refractivity contribution is 5.78. The van der Waals surface area contributed by atoms with Crippen LogP contribution in [0.15, 0.2) is 12.8 Å². The average molecular weight is 193 g/mol. The number of rotatable bonds is 1. The van der Waals surface area contributed by atoms with Crippen LogP contribution in [0.25, 0.3) is 0 Å². The van der Waals surface area contributed by atoms with Crippen LogP contribution in [0.3, 0.4) is 0 Å². The summed E-state index contributed by atoms with van der Waals surface area (Å²) in [6.45, 7) is 4.36. The Morgan fingerprint density at radius 2 is 1.79 bits per heavy atom. The molecule has 2 saturated carbocycles. The van der Waals surface area contributed by atoms with E-state index in [2.05, 4.69) is 6.58 Å². The summed E-state index contributed by atoms with van der Waals surface area (Å²) in [6.07, 6.45) is 9.52. The molecule has 1 saturated heterocycles. The summed E-state index contributed by atoms with van der Waals surface area (Å²) in [5.74, 6) is 2.63. The molecule has 1 amide bonds. The smallest absolute Gasteiger partial charge is 0.226 e. The van der Waals surface area contributed by atoms with Crippen LogP contribution in [0.1, 0.15) is 38.5 Å². The van der Waals surface area contributed by atoms with Gasteiger partial charge >= 0.3 is 0 Å². The molecule has 3 rings (SSSR count). The van der Waals surface area contributed by atoms with Crippen molar-refractivity contribution < 1.29 is 4.79 Å². The van der Waals surface area contributed by atoms with Gasteiger partial charge in [-0.15, -0.1) is 0 Å². The second-order valence-corrected chi connectivity index (χ2v) is 4.55. The molecule has 0 aromatic rings. The van der Waals surface area contributed by atoms with E-state index in [1.165, 1.54) is 11.8 Å². The summed E-state index contributed by atoms with van der Waals surface area (Å²) in [5.41, 5.74) is 0. The Hall–Kier alpha value is -0.790. The highest BCUT2D eigenvalue weighted by atomic mass is 16.2. The highest BCUT2D eigenvalue weighted by Gasteiger charge is 2.37. The number of fused-ring (bicyclic) bond motifs is 1. The van der Waals surface area contributed by atoms with Gasteiger partial charge in [0, 0.05) is 13.0 Å². The Labute approximate surface area is 86.0 Å². The molecule has 1 heterocycles. The molecular weight excluding hydrogens is 174 g/mol. The number of likely N-dealkylation sites (tertiary alicyclic amines) is 1. The van der Waals surface area contributed by atoms with Gasteiger partial charge in [0.2, 0.25) is 5.91 Å². The van der Waals surface area contributed by atoms with Crippen molar-refractivity contribution in [2.45, 2.75) is 38.5 Å². The summed E-state index contributed by atoms with van der Waals surface area (Å²) >= 11 is 0. The van der Waals surface area contributed by atoms with Crippen molar-refractivity contribution in [1.82, 2.24) is 4.90 Å². The van der Waals surface area contributed by atoms with Crippen LogP contribution in [-0.2, 0) is 4.79 Å². The fourth-order valence-electron chi connectivity index (χ4n) is 2.43. The molecule has 0 radical (unpaired) electrons. The van der Waals surface area contributed by atoms with Gasteiger partial charge in [-0.1, -0.05) is 6.58 Å². The largest absolute Gasteiger partial charge is 0.320 e. The monoisotopic (exact) mass is 193 g/mol. The van der Waals surface area contributed by atoms with Gasteiger partial charge in [0.1, 0.15) is 0 Å². The third kappa shape index (κ3) is 1.84. The van der Waals surface area contributed by atoms with Crippen LogP contribution in [0.5, 0.6) is 0 Å². The minimum Gasteiger partial charge on any atom is -0.320 e. The van der Waals surface area contributed by atoms with E-state index in [0.717, 1.165) is 13.0 Å². The number of hydrogen-bond acceptors (Lipinski definition) is 1. The molecule has 0 bridgehead atoms. The zero-order valence-electron chi connectivity index (χ0n) is 8.74. The minimum atomic E-state index is 0.208. The second kappa shape index (κ2) is 4.16. The molecule has 78 valence electrons. The number of amides is 1. The fraction of sp³-hybridized carbons (Fsp3) is 0.750. The fourth-order valence-corrected chi connectivity index (χ4v) is 2.43. The van der Waals surface area contributed by atoms with Gasteiger partial charge in [-0.2, -0.15) is 0 Å². The van der Waals surface area contributed by atoms with Gasteiger partial charge in [-0.3, -0.25) is 4.79 Å². The quantitative estimate of drug-likeness (QED) is 0.626. The number of nitrogens with zero attached hydrogens (tertiary/aromatic N) is 1. The molecule has 14 heavy (non-hydrogen) atoms. The van der Waals surface area contributed by atoms with Gasteiger partial charge in [0.05, 0.1) is 0 Å². The van der Waals surface area contributed by atoms with Crippen molar-refractivity contribution in [2.24, 2.45) is 11.8 Å². The van der Waals surface area contributed by atoms with Crippen molar-refractivity contribution in [1.29, 1.82) is 0 Å². The lowest BCUT2D eigenvalue weighted by molar-refractivity contribution is -0.125. The molecule has 2 aliphatic carbocycles. The first-order valence-corrected chi connectivity index (χ1v) is 5.73. The van der Waals surface area contributed by atoms with Crippen molar-refractivity contribution in [3.8, 4) is 0 Å². The molecule has 0 spiro atoms. The first kappa shape index (κ1) is 9.75. The second-order valence-electron chi connectivity index (χ2n) is 4.55. The molecule has 0 unspecified atom stereocenters. The SMILES string of the molecule is C1CC2CCC12.C=CN1CCCC1=O. The van der Waals surface area contributed by atoms with Crippen molar-refractivity contribution in [3.63, 3.8) is 0 Å². The predicted molar refractivity (Wildman–Crippen MR) is 56.6 cm³/mol. The number of carbonyl (C=O) groups excluding carboxylic acids is 1. The van der Waals surface area contributed by atoms with E-state index in [9.17, 15) is 4.79 Å². The van der Waals surface area contributed by atoms with Gasteiger partial charge in [-0.05, 0) is 50.1 Å². The first-order valence-electron chi connectivity index (χ1n) is 5.73. The molecule has 2 nitrogen and oxygen atoms in total. The Morgan fingerprint density at radius 3 is 1.93 bits per heavy atom. The lowest BCUT2D eigenvalue weighted by Crippen LogP contribution is -2.34. The van der Waals surface area contributed by atoms with E-state index in [1.807, 2.05) is 0 Å². The van der Waals surface area contributed by atoms with Crippen LogP contribution in [0.2, 0.25) is 0 Å². The zero-order valence-corrected chi connectivity index (χ0v) is 8.74. The Morgan fingerprint density at radius 1 is 1.21 bits per heavy atom. The Bertz CT molecular complexity index is 218. The number of hydrogen-bond donors (Lipinski definition) is 0. The third-order valence-corrected chi connectivity index (χ3v) is 3.81. The standard InChI is InChI=1S/C6H9NO.C6H10/c1-2-7-5-3-4-6(7)8;1-2-6-4-3-5(1)6/h2H,1,3-5H2;5-6H,1-4H2. The molecule has 1 aliphatic heterocycles. The average Bonchev–Trinajstić information content (AvgIpc) is 2.58. The normalized spacial score (nSPS) is 33.4. The molecule has 0 aromatic heterocycles. The maximum atomic E-state index is 10.7. The molecule has 0 atom stereocenters. The molecule has 3 fully saturated rings. The van der Waals surface area contributed by atoms with E-state index in [0.29, 0.717) is 6.42 Å². The number of carbonyl (C=O) groups is 1. The first-order chi connectivity index (χ1) is 6.81. The van der Waals surface area contributed by atoms with Crippen molar-refractivity contribution in [2.75, 3.05) is 6.54 Å². The van der Waals surface area contributed by atoms with Gasteiger partial charge < -0.3 is 4.90 Å². The van der Waals surface area contributed by atoms with E-state index in [1.54, 1.807) is 36.8 Å². The Balaban J connectivity index is 0.000000110. The van der Waals surface area contributed by atoms with Gasteiger partial charge in [-0.25, -0.2) is 0 Å². The lowest BCUT2D eigenvalue weighted by atomic mass is 9.60. The van der Waals surface area contributed by atoms with Crippen LogP contribution >= 0.6 is 0 Å². The summed E-state index contributed by atoms with van der Waals surface area (Å²) in [7, 11) is 0. The van der Waals surface area contributed by atoms with Crippen LogP contribution in [-0.4, -0.2) is 17.4 Å². The van der Waals surface area contributed by atoms with E-state index in [-0.39, 0.29) is 5.91 Å². The van der Waals surface area contributed by atoms with Gasteiger partial charge in [0.15, 0.2) is 0 Å². The van der Waals surface area contributed by atoms with E-state index >= 15 is 0 Å². The van der Waals surface area contributed by atoms with Crippen LogP contribution in [0, 0.1) is 11.8 Å². The van der Waals surface area contributed by atoms with E-state index in [4.69, 9.17) is 0 Å². The topological polar surface area (TPSA) is 20.3 Å². The minimum absolute atomic E-state index is 0.208. The summed E-state index contributed by atoms with van der Waals surface area (Å²) in [6, 6.07) is 0. The zero-order chi connectivity index (χ0) is 9.97. The lowest BCUT2D eigenvalue weighted by Gasteiger charge is -2.46. The highest BCUT2D eigenvalue weighted by Crippen LogP contribution is 2.49. The Kier molecular flexibility index (Phi) is 2.90. The summed E-state index contributed by atoms with van der Waals surface area (Å²) in [4.78, 5) is 12.3. The molecule has 2 heteroatoms.